The number of H-pyrrole nitrogens is 1. The molecule has 0 amide bonds. The van der Waals surface area contributed by atoms with Gasteiger partial charge in [0.05, 0.1) is 36.8 Å². The highest BCUT2D eigenvalue weighted by atomic mass is 19.4. The van der Waals surface area contributed by atoms with E-state index in [4.69, 9.17) is 0 Å². The Labute approximate surface area is 210 Å². The standard InChI is InChI=1S/C26H29F6N5/c1-15-9-19-18-10-20(28)21(29)11-23(18)35-24(19)25(37(15)14-26(30,31)32)22-4-3-16(12-33-22)34-17-5-8-36(13-17)7-2-6-27/h3-4,10-12,15,17,25,34-35H,2,5-9,13-14H2,1H3/t15-,17-,25-/m0/s1. The first kappa shape index (κ1) is 25.8. The highest BCUT2D eigenvalue weighted by Crippen LogP contribution is 2.42. The lowest BCUT2D eigenvalue weighted by molar-refractivity contribution is -0.155. The number of aromatic nitrogens is 2. The molecule has 1 saturated heterocycles. The van der Waals surface area contributed by atoms with Crippen molar-refractivity contribution in [3.63, 3.8) is 0 Å². The first-order valence-corrected chi connectivity index (χ1v) is 12.5. The quantitative estimate of drug-likeness (QED) is 0.395. The van der Waals surface area contributed by atoms with Crippen molar-refractivity contribution < 1.29 is 26.3 Å². The fourth-order valence-corrected chi connectivity index (χ4v) is 5.65. The molecule has 3 atom stereocenters. The summed E-state index contributed by atoms with van der Waals surface area (Å²) in [6, 6.07) is 4.42. The van der Waals surface area contributed by atoms with E-state index in [1.54, 1.807) is 25.3 Å². The fourth-order valence-electron chi connectivity index (χ4n) is 5.65. The van der Waals surface area contributed by atoms with Gasteiger partial charge in [0.1, 0.15) is 0 Å². The third kappa shape index (κ3) is 5.43. The third-order valence-corrected chi connectivity index (χ3v) is 7.33. The van der Waals surface area contributed by atoms with Gasteiger partial charge in [0.15, 0.2) is 11.6 Å². The van der Waals surface area contributed by atoms with Crippen LogP contribution in [0.25, 0.3) is 10.9 Å². The second kappa shape index (κ2) is 10.2. The van der Waals surface area contributed by atoms with Crippen LogP contribution in [0.15, 0.2) is 30.5 Å². The molecule has 0 spiro atoms. The number of hydrogen-bond donors (Lipinski definition) is 2. The third-order valence-electron chi connectivity index (χ3n) is 7.33. The molecule has 4 heterocycles. The van der Waals surface area contributed by atoms with Crippen LogP contribution in [0.5, 0.6) is 0 Å². The Balaban J connectivity index is 1.45. The van der Waals surface area contributed by atoms with Gasteiger partial charge in [-0.25, -0.2) is 8.78 Å². The Bertz CT molecular complexity index is 1240. The summed E-state index contributed by atoms with van der Waals surface area (Å²) >= 11 is 0. The van der Waals surface area contributed by atoms with E-state index in [-0.39, 0.29) is 19.1 Å². The number of pyridine rings is 1. The Hall–Kier alpha value is -2.79. The molecule has 5 nitrogen and oxygen atoms in total. The predicted octanol–water partition coefficient (Wildman–Crippen LogP) is 5.59. The number of benzene rings is 1. The lowest BCUT2D eigenvalue weighted by Crippen LogP contribution is -2.47. The molecule has 0 saturated carbocycles. The van der Waals surface area contributed by atoms with Crippen LogP contribution in [0.2, 0.25) is 0 Å². The van der Waals surface area contributed by atoms with Crippen molar-refractivity contribution >= 4 is 16.6 Å². The summed E-state index contributed by atoms with van der Waals surface area (Å²) in [6.07, 6.45) is -1.17. The minimum absolute atomic E-state index is 0.175. The average Bonchev–Trinajstić information content (AvgIpc) is 3.42. The molecule has 5 rings (SSSR count). The normalized spacial score (nSPS) is 23.1. The molecule has 0 bridgehead atoms. The van der Waals surface area contributed by atoms with E-state index < -0.39 is 36.4 Å². The number of likely N-dealkylation sites (tertiary alicyclic amines) is 1. The lowest BCUT2D eigenvalue weighted by atomic mass is 9.90. The van der Waals surface area contributed by atoms with Gasteiger partial charge in [-0.1, -0.05) is 0 Å². The molecule has 0 radical (unpaired) electrons. The van der Waals surface area contributed by atoms with Crippen LogP contribution < -0.4 is 5.32 Å². The van der Waals surface area contributed by atoms with Gasteiger partial charge >= 0.3 is 6.18 Å². The zero-order chi connectivity index (χ0) is 26.3. The summed E-state index contributed by atoms with van der Waals surface area (Å²) in [5.41, 5.74) is 2.63. The van der Waals surface area contributed by atoms with Crippen molar-refractivity contribution in [1.82, 2.24) is 19.8 Å². The predicted molar refractivity (Wildman–Crippen MR) is 129 cm³/mol. The minimum atomic E-state index is -4.44. The minimum Gasteiger partial charge on any atom is -0.380 e. The zero-order valence-corrected chi connectivity index (χ0v) is 20.4. The van der Waals surface area contributed by atoms with Crippen LogP contribution in [-0.2, 0) is 6.42 Å². The molecule has 3 aromatic rings. The van der Waals surface area contributed by atoms with Gasteiger partial charge in [0, 0.05) is 54.4 Å². The number of halogens is 6. The second-order valence-corrected chi connectivity index (χ2v) is 10.0. The summed E-state index contributed by atoms with van der Waals surface area (Å²) < 4.78 is 81.1. The summed E-state index contributed by atoms with van der Waals surface area (Å²) in [6.45, 7) is 2.58. The molecule has 2 aliphatic rings. The number of aromatic amines is 1. The highest BCUT2D eigenvalue weighted by molar-refractivity contribution is 5.85. The molecule has 11 heteroatoms. The summed E-state index contributed by atoms with van der Waals surface area (Å²) in [5.74, 6) is -2.02. The molecule has 2 aliphatic heterocycles. The molecule has 1 aromatic carbocycles. The summed E-state index contributed by atoms with van der Waals surface area (Å²) in [7, 11) is 0. The maximum atomic E-state index is 14.0. The number of hydrogen-bond acceptors (Lipinski definition) is 4. The van der Waals surface area contributed by atoms with E-state index in [1.165, 1.54) is 4.90 Å². The van der Waals surface area contributed by atoms with E-state index >= 15 is 0 Å². The van der Waals surface area contributed by atoms with Crippen molar-refractivity contribution in [2.24, 2.45) is 0 Å². The van der Waals surface area contributed by atoms with E-state index in [0.717, 1.165) is 37.3 Å². The number of fused-ring (bicyclic) bond motifs is 3. The van der Waals surface area contributed by atoms with E-state index in [0.29, 0.717) is 40.8 Å². The smallest absolute Gasteiger partial charge is 0.380 e. The Morgan fingerprint density at radius 3 is 2.65 bits per heavy atom. The number of rotatable bonds is 7. The Morgan fingerprint density at radius 2 is 1.95 bits per heavy atom. The molecular formula is C26H29F6N5. The van der Waals surface area contributed by atoms with Crippen LogP contribution in [0.3, 0.4) is 0 Å². The Kier molecular flexibility index (Phi) is 7.10. The van der Waals surface area contributed by atoms with Crippen molar-refractivity contribution in [1.29, 1.82) is 0 Å². The number of nitrogens with one attached hydrogen (secondary N) is 2. The number of nitrogens with zero attached hydrogens (tertiary/aromatic N) is 3. The van der Waals surface area contributed by atoms with Gasteiger partial charge in [-0.05, 0) is 49.9 Å². The van der Waals surface area contributed by atoms with Crippen LogP contribution in [0, 0.1) is 11.6 Å². The van der Waals surface area contributed by atoms with Crippen LogP contribution in [-0.4, -0.2) is 70.9 Å². The molecule has 37 heavy (non-hydrogen) atoms. The number of anilines is 1. The number of alkyl halides is 4. The summed E-state index contributed by atoms with van der Waals surface area (Å²) in [5, 5.41) is 3.87. The van der Waals surface area contributed by atoms with Crippen molar-refractivity contribution in [2.75, 3.05) is 38.2 Å². The molecule has 0 unspecified atom stereocenters. The van der Waals surface area contributed by atoms with Crippen molar-refractivity contribution in [2.45, 2.75) is 50.5 Å². The van der Waals surface area contributed by atoms with Gasteiger partial charge in [-0.15, -0.1) is 0 Å². The van der Waals surface area contributed by atoms with E-state index in [1.807, 2.05) is 0 Å². The topological polar surface area (TPSA) is 47.2 Å². The fraction of sp³-hybridized carbons (Fsp3) is 0.500. The van der Waals surface area contributed by atoms with Crippen LogP contribution in [0.4, 0.5) is 32.0 Å². The Morgan fingerprint density at radius 1 is 1.16 bits per heavy atom. The maximum Gasteiger partial charge on any atom is 0.401 e. The van der Waals surface area contributed by atoms with Gasteiger partial charge < -0.3 is 15.2 Å². The monoisotopic (exact) mass is 525 g/mol. The first-order chi connectivity index (χ1) is 17.6. The average molecular weight is 526 g/mol. The molecule has 1 fully saturated rings. The molecule has 200 valence electrons. The first-order valence-electron chi connectivity index (χ1n) is 12.5. The largest absolute Gasteiger partial charge is 0.401 e. The van der Waals surface area contributed by atoms with Crippen LogP contribution >= 0.6 is 0 Å². The van der Waals surface area contributed by atoms with Crippen molar-refractivity contribution in [3.05, 3.63) is 59.0 Å². The molecular weight excluding hydrogens is 496 g/mol. The van der Waals surface area contributed by atoms with Gasteiger partial charge in [0.25, 0.3) is 0 Å². The maximum absolute atomic E-state index is 14.0. The van der Waals surface area contributed by atoms with E-state index in [9.17, 15) is 26.3 Å². The van der Waals surface area contributed by atoms with Crippen LogP contribution in [0.1, 0.15) is 42.8 Å². The van der Waals surface area contributed by atoms with Gasteiger partial charge in [0.2, 0.25) is 0 Å². The lowest BCUT2D eigenvalue weighted by Gasteiger charge is -2.40. The molecule has 0 aliphatic carbocycles. The highest BCUT2D eigenvalue weighted by Gasteiger charge is 2.42. The molecule has 2 aromatic heterocycles. The SMILES string of the molecule is C[C@H]1Cc2c([nH]c3cc(F)c(F)cc23)[C@H](c2ccc(N[C@H]3CCN(CCCF)C3)cn2)N1CC(F)(F)F. The van der Waals surface area contributed by atoms with Gasteiger partial charge in [-0.2, -0.15) is 13.2 Å². The van der Waals surface area contributed by atoms with Gasteiger partial charge in [-0.3, -0.25) is 14.3 Å². The zero-order valence-electron chi connectivity index (χ0n) is 20.4. The van der Waals surface area contributed by atoms with Crippen molar-refractivity contribution in [3.8, 4) is 0 Å². The summed E-state index contributed by atoms with van der Waals surface area (Å²) in [4.78, 5) is 11.1. The van der Waals surface area contributed by atoms with E-state index in [2.05, 4.69) is 20.2 Å². The molecule has 2 N–H and O–H groups in total. The second-order valence-electron chi connectivity index (χ2n) is 10.0.